The molecular formula is C23H28N2O2. The summed E-state index contributed by atoms with van der Waals surface area (Å²) in [5.41, 5.74) is 2.57. The third-order valence-corrected chi connectivity index (χ3v) is 5.99. The van der Waals surface area contributed by atoms with Crippen LogP contribution in [0.2, 0.25) is 0 Å². The van der Waals surface area contributed by atoms with E-state index < -0.39 is 0 Å². The van der Waals surface area contributed by atoms with Gasteiger partial charge in [-0.15, -0.1) is 0 Å². The first-order valence-electron chi connectivity index (χ1n) is 10.1. The molecule has 0 radical (unpaired) electrons. The zero-order valence-electron chi connectivity index (χ0n) is 16.0. The fourth-order valence-electron chi connectivity index (χ4n) is 4.61. The zero-order valence-corrected chi connectivity index (χ0v) is 16.0. The fraction of sp³-hybridized carbons (Fsp3) is 0.435. The van der Waals surface area contributed by atoms with Crippen molar-refractivity contribution in [1.82, 2.24) is 9.88 Å². The van der Waals surface area contributed by atoms with E-state index >= 15 is 0 Å². The summed E-state index contributed by atoms with van der Waals surface area (Å²) in [6.07, 6.45) is 10.7. The monoisotopic (exact) mass is 364 g/mol. The SMILES string of the molecule is Cn1cc([C@H](CC(=O)NCc2ccco2)C2CCCCC2)c2ccccc21. The number of aromatic nitrogens is 1. The number of fused-ring (bicyclic) bond motifs is 1. The van der Waals surface area contributed by atoms with Crippen LogP contribution in [-0.2, 0) is 18.4 Å². The van der Waals surface area contributed by atoms with E-state index in [-0.39, 0.29) is 11.8 Å². The minimum atomic E-state index is 0.106. The van der Waals surface area contributed by atoms with Gasteiger partial charge in [0.15, 0.2) is 0 Å². The Morgan fingerprint density at radius 2 is 2.00 bits per heavy atom. The van der Waals surface area contributed by atoms with Crippen LogP contribution < -0.4 is 5.32 Å². The second-order valence-electron chi connectivity index (χ2n) is 7.78. The van der Waals surface area contributed by atoms with Crippen LogP contribution in [0.3, 0.4) is 0 Å². The lowest BCUT2D eigenvalue weighted by Crippen LogP contribution is -2.27. The van der Waals surface area contributed by atoms with Crippen LogP contribution in [0.15, 0.2) is 53.3 Å². The number of amides is 1. The van der Waals surface area contributed by atoms with Gasteiger partial charge < -0.3 is 14.3 Å². The van der Waals surface area contributed by atoms with Crippen LogP contribution in [0, 0.1) is 5.92 Å². The molecule has 1 amide bonds. The van der Waals surface area contributed by atoms with Gasteiger partial charge in [0.1, 0.15) is 5.76 Å². The Morgan fingerprint density at radius 3 is 2.78 bits per heavy atom. The van der Waals surface area contributed by atoms with E-state index in [1.165, 1.54) is 48.6 Å². The number of carbonyl (C=O) groups excluding carboxylic acids is 1. The van der Waals surface area contributed by atoms with Crippen LogP contribution in [0.4, 0.5) is 0 Å². The van der Waals surface area contributed by atoms with E-state index in [0.717, 1.165) is 5.76 Å². The van der Waals surface area contributed by atoms with E-state index in [2.05, 4.69) is 47.4 Å². The van der Waals surface area contributed by atoms with Crippen LogP contribution in [0.25, 0.3) is 10.9 Å². The molecule has 1 N–H and O–H groups in total. The van der Waals surface area contributed by atoms with E-state index in [1.807, 2.05) is 12.1 Å². The average Bonchev–Trinajstić information content (AvgIpc) is 3.34. The van der Waals surface area contributed by atoms with Crippen molar-refractivity contribution in [3.8, 4) is 0 Å². The number of furan rings is 1. The van der Waals surface area contributed by atoms with Crippen molar-refractivity contribution >= 4 is 16.8 Å². The quantitative estimate of drug-likeness (QED) is 0.658. The Labute approximate surface area is 160 Å². The number of nitrogens with one attached hydrogen (secondary N) is 1. The van der Waals surface area contributed by atoms with Gasteiger partial charge in [-0.1, -0.05) is 37.5 Å². The molecule has 1 aliphatic rings. The van der Waals surface area contributed by atoms with Crippen molar-refractivity contribution in [1.29, 1.82) is 0 Å². The van der Waals surface area contributed by atoms with Crippen molar-refractivity contribution in [3.05, 3.63) is 60.2 Å². The molecule has 1 aliphatic carbocycles. The Hall–Kier alpha value is -2.49. The summed E-state index contributed by atoms with van der Waals surface area (Å²) in [4.78, 5) is 12.7. The summed E-state index contributed by atoms with van der Waals surface area (Å²) in [5.74, 6) is 1.75. The van der Waals surface area contributed by atoms with Gasteiger partial charge in [0, 0.05) is 30.6 Å². The minimum Gasteiger partial charge on any atom is -0.467 e. The molecule has 2 heterocycles. The van der Waals surface area contributed by atoms with Crippen molar-refractivity contribution in [3.63, 3.8) is 0 Å². The van der Waals surface area contributed by atoms with Crippen molar-refractivity contribution in [2.45, 2.75) is 51.0 Å². The number of aryl methyl sites for hydroxylation is 1. The first kappa shape index (κ1) is 17.9. The molecule has 4 nitrogen and oxygen atoms in total. The molecule has 1 saturated carbocycles. The minimum absolute atomic E-state index is 0.106. The van der Waals surface area contributed by atoms with Crippen LogP contribution in [-0.4, -0.2) is 10.5 Å². The summed E-state index contributed by atoms with van der Waals surface area (Å²) in [5, 5.41) is 4.33. The number of nitrogens with zero attached hydrogens (tertiary/aromatic N) is 1. The molecule has 27 heavy (non-hydrogen) atoms. The Morgan fingerprint density at radius 1 is 1.19 bits per heavy atom. The Bertz CT molecular complexity index is 888. The van der Waals surface area contributed by atoms with Crippen LogP contribution in [0.5, 0.6) is 0 Å². The highest BCUT2D eigenvalue weighted by molar-refractivity contribution is 5.86. The molecule has 0 spiro atoms. The van der Waals surface area contributed by atoms with Gasteiger partial charge in [0.25, 0.3) is 0 Å². The Kier molecular flexibility index (Phi) is 5.33. The fourth-order valence-corrected chi connectivity index (χ4v) is 4.61. The number of para-hydroxylation sites is 1. The molecule has 142 valence electrons. The maximum absolute atomic E-state index is 12.7. The maximum Gasteiger partial charge on any atom is 0.220 e. The van der Waals surface area contributed by atoms with Gasteiger partial charge in [0.05, 0.1) is 12.8 Å². The predicted octanol–water partition coefficient (Wildman–Crippen LogP) is 5.14. The van der Waals surface area contributed by atoms with E-state index in [0.29, 0.717) is 18.9 Å². The van der Waals surface area contributed by atoms with E-state index in [9.17, 15) is 4.79 Å². The number of hydrogen-bond donors (Lipinski definition) is 1. The molecule has 0 unspecified atom stereocenters. The third-order valence-electron chi connectivity index (χ3n) is 5.99. The molecule has 1 atom stereocenters. The lowest BCUT2D eigenvalue weighted by atomic mass is 9.75. The van der Waals surface area contributed by atoms with Gasteiger partial charge in [-0.25, -0.2) is 0 Å². The molecule has 3 aromatic rings. The molecule has 2 aromatic heterocycles. The topological polar surface area (TPSA) is 47.2 Å². The van der Waals surface area contributed by atoms with Crippen molar-refractivity contribution < 1.29 is 9.21 Å². The number of rotatable bonds is 6. The summed E-state index contributed by atoms with van der Waals surface area (Å²) in [6, 6.07) is 12.3. The predicted molar refractivity (Wildman–Crippen MR) is 107 cm³/mol. The first-order valence-corrected chi connectivity index (χ1v) is 10.1. The highest BCUT2D eigenvalue weighted by Crippen LogP contribution is 2.41. The second-order valence-corrected chi connectivity index (χ2v) is 7.78. The van der Waals surface area contributed by atoms with Gasteiger partial charge in [-0.2, -0.15) is 0 Å². The van der Waals surface area contributed by atoms with Crippen molar-refractivity contribution in [2.75, 3.05) is 0 Å². The molecule has 1 fully saturated rings. The number of hydrogen-bond acceptors (Lipinski definition) is 2. The largest absolute Gasteiger partial charge is 0.467 e. The average molecular weight is 364 g/mol. The highest BCUT2D eigenvalue weighted by Gasteiger charge is 2.29. The van der Waals surface area contributed by atoms with Crippen LogP contribution in [0.1, 0.15) is 55.8 Å². The summed E-state index contributed by atoms with van der Waals surface area (Å²) < 4.78 is 7.53. The molecular weight excluding hydrogens is 336 g/mol. The van der Waals surface area contributed by atoms with Gasteiger partial charge in [-0.3, -0.25) is 4.79 Å². The zero-order chi connectivity index (χ0) is 18.6. The summed E-state index contributed by atoms with van der Waals surface area (Å²) >= 11 is 0. The maximum atomic E-state index is 12.7. The summed E-state index contributed by atoms with van der Waals surface area (Å²) in [7, 11) is 2.10. The molecule has 4 heteroatoms. The highest BCUT2D eigenvalue weighted by atomic mass is 16.3. The van der Waals surface area contributed by atoms with E-state index in [4.69, 9.17) is 4.42 Å². The summed E-state index contributed by atoms with van der Waals surface area (Å²) in [6.45, 7) is 0.457. The number of carbonyl (C=O) groups is 1. The van der Waals surface area contributed by atoms with E-state index in [1.54, 1.807) is 6.26 Å². The molecule has 0 saturated heterocycles. The second kappa shape index (κ2) is 8.03. The molecule has 0 aliphatic heterocycles. The van der Waals surface area contributed by atoms with Gasteiger partial charge in [-0.05, 0) is 48.4 Å². The van der Waals surface area contributed by atoms with Crippen LogP contribution >= 0.6 is 0 Å². The molecule has 4 rings (SSSR count). The normalized spacial score (nSPS) is 16.5. The van der Waals surface area contributed by atoms with Gasteiger partial charge in [0.2, 0.25) is 5.91 Å². The number of benzene rings is 1. The lowest BCUT2D eigenvalue weighted by Gasteiger charge is -2.30. The van der Waals surface area contributed by atoms with Crippen molar-refractivity contribution in [2.24, 2.45) is 13.0 Å². The standard InChI is InChI=1S/C23H28N2O2/c1-25-16-21(19-11-5-6-12-22(19)25)20(17-8-3-2-4-9-17)14-23(26)24-15-18-10-7-13-27-18/h5-7,10-13,16-17,20H,2-4,8-9,14-15H2,1H3,(H,24,26)/t20-/m1/s1. The first-order chi connectivity index (χ1) is 13.2. The Balaban J connectivity index is 1.57. The lowest BCUT2D eigenvalue weighted by molar-refractivity contribution is -0.122. The molecule has 0 bridgehead atoms. The smallest absolute Gasteiger partial charge is 0.220 e. The van der Waals surface area contributed by atoms with Gasteiger partial charge >= 0.3 is 0 Å². The molecule has 1 aromatic carbocycles. The third kappa shape index (κ3) is 3.95.